The predicted molar refractivity (Wildman–Crippen MR) is 134 cm³/mol. The van der Waals surface area contributed by atoms with Gasteiger partial charge in [-0.3, -0.25) is 9.69 Å². The topological polar surface area (TPSA) is 86.8 Å². The number of ether oxygens (including phenoxy) is 1. The van der Waals surface area contributed by atoms with Crippen LogP contribution in [0.15, 0.2) is 71.9 Å². The first-order chi connectivity index (χ1) is 17.1. The zero-order valence-corrected chi connectivity index (χ0v) is 20.0. The molecule has 3 amide bonds. The van der Waals surface area contributed by atoms with Crippen LogP contribution in [-0.2, 0) is 4.79 Å². The normalized spacial score (nSPS) is 23.1. The monoisotopic (exact) mass is 487 g/mol. The fraction of sp³-hybridized carbons (Fsp3) is 0.269. The molecule has 9 heteroatoms. The van der Waals surface area contributed by atoms with Gasteiger partial charge in [-0.25, -0.2) is 9.78 Å². The zero-order valence-electron chi connectivity index (χ0n) is 19.2. The fourth-order valence-electron chi connectivity index (χ4n) is 4.91. The van der Waals surface area contributed by atoms with Crippen molar-refractivity contribution in [3.05, 3.63) is 72.4 Å². The Morgan fingerprint density at radius 1 is 1.11 bits per heavy atom. The van der Waals surface area contributed by atoms with E-state index < -0.39 is 11.3 Å². The number of para-hydroxylation sites is 1. The lowest BCUT2D eigenvalue weighted by Gasteiger charge is -2.34. The lowest BCUT2D eigenvalue weighted by Crippen LogP contribution is -2.50. The van der Waals surface area contributed by atoms with Crippen LogP contribution in [0.3, 0.4) is 0 Å². The summed E-state index contributed by atoms with van der Waals surface area (Å²) >= 11 is 1.42. The van der Waals surface area contributed by atoms with Gasteiger partial charge in [0.05, 0.1) is 17.4 Å². The Balaban J connectivity index is 1.24. The first-order valence-corrected chi connectivity index (χ1v) is 12.5. The van der Waals surface area contributed by atoms with Crippen LogP contribution < -0.4 is 20.3 Å². The van der Waals surface area contributed by atoms with E-state index in [1.165, 1.54) is 11.8 Å². The summed E-state index contributed by atoms with van der Waals surface area (Å²) in [6.07, 6.45) is 2.63. The average molecular weight is 488 g/mol. The summed E-state index contributed by atoms with van der Waals surface area (Å²) in [6, 6.07) is 18.2. The van der Waals surface area contributed by atoms with Gasteiger partial charge >= 0.3 is 6.03 Å². The summed E-state index contributed by atoms with van der Waals surface area (Å²) in [5.41, 5.74) is 2.36. The molecule has 6 rings (SSSR count). The van der Waals surface area contributed by atoms with Crippen LogP contribution in [0.1, 0.15) is 18.0 Å². The molecule has 3 aromatic rings. The van der Waals surface area contributed by atoms with Crippen molar-refractivity contribution < 1.29 is 14.3 Å². The standard InChI is InChI=1S/C26H25N5O3S/c1-30-14-12-16(15-30)28-24(32)23-22-21-20(11-13-27-25(21)35-23)31(26(33)29-22)17-7-9-19(10-8-17)34-18-5-3-2-4-6-18/h2-11,13,16,22-23H,12,14-15H2,1H3,(H,28,32)(H,29,33)/t16?,22?,23-/m1/s1. The summed E-state index contributed by atoms with van der Waals surface area (Å²) in [7, 11) is 2.05. The highest BCUT2D eigenvalue weighted by molar-refractivity contribution is 8.01. The van der Waals surface area contributed by atoms with E-state index in [1.807, 2.05) is 60.7 Å². The van der Waals surface area contributed by atoms with Gasteiger partial charge in [0.15, 0.2) is 0 Å². The Hall–Kier alpha value is -3.56. The summed E-state index contributed by atoms with van der Waals surface area (Å²) in [5, 5.41) is 6.57. The molecule has 3 aliphatic rings. The quantitative estimate of drug-likeness (QED) is 0.564. The molecule has 0 saturated carbocycles. The molecule has 1 saturated heterocycles. The van der Waals surface area contributed by atoms with Crippen molar-refractivity contribution >= 4 is 35.1 Å². The second-order valence-electron chi connectivity index (χ2n) is 9.02. The summed E-state index contributed by atoms with van der Waals surface area (Å²) in [4.78, 5) is 34.8. The molecular weight excluding hydrogens is 462 g/mol. The summed E-state index contributed by atoms with van der Waals surface area (Å²) in [6.45, 7) is 1.81. The molecule has 1 fully saturated rings. The minimum atomic E-state index is -0.447. The average Bonchev–Trinajstić information content (AvgIpc) is 3.44. The molecule has 2 N–H and O–H groups in total. The first-order valence-electron chi connectivity index (χ1n) is 11.6. The summed E-state index contributed by atoms with van der Waals surface area (Å²) < 4.78 is 5.88. The number of aromatic nitrogens is 1. The minimum absolute atomic E-state index is 0.0552. The number of anilines is 2. The maximum absolute atomic E-state index is 13.3. The maximum atomic E-state index is 13.3. The molecule has 3 atom stereocenters. The number of nitrogens with one attached hydrogen (secondary N) is 2. The number of nitrogens with zero attached hydrogens (tertiary/aromatic N) is 3. The Labute approximate surface area is 207 Å². The molecule has 178 valence electrons. The number of benzene rings is 2. The van der Waals surface area contributed by atoms with Crippen LogP contribution in [0.4, 0.5) is 16.2 Å². The van der Waals surface area contributed by atoms with Crippen LogP contribution in [0, 0.1) is 0 Å². The van der Waals surface area contributed by atoms with E-state index in [9.17, 15) is 9.59 Å². The molecule has 1 aromatic heterocycles. The Kier molecular flexibility index (Phi) is 5.58. The van der Waals surface area contributed by atoms with E-state index in [1.54, 1.807) is 11.1 Å². The number of carbonyl (C=O) groups excluding carboxylic acids is 2. The Bertz CT molecular complexity index is 1270. The van der Waals surface area contributed by atoms with Gasteiger partial charge in [-0.1, -0.05) is 30.0 Å². The highest BCUT2D eigenvalue weighted by atomic mass is 32.2. The highest BCUT2D eigenvalue weighted by Gasteiger charge is 2.47. The zero-order chi connectivity index (χ0) is 23.9. The van der Waals surface area contributed by atoms with Crippen molar-refractivity contribution in [3.63, 3.8) is 0 Å². The molecule has 4 heterocycles. The number of hydrogen-bond acceptors (Lipinski definition) is 6. The fourth-order valence-corrected chi connectivity index (χ4v) is 6.14. The van der Waals surface area contributed by atoms with Crippen molar-refractivity contribution in [3.8, 4) is 11.5 Å². The number of carbonyl (C=O) groups is 2. The van der Waals surface area contributed by atoms with Gasteiger partial charge in [0.25, 0.3) is 0 Å². The number of pyridine rings is 1. The smallest absolute Gasteiger partial charge is 0.327 e. The molecule has 0 aliphatic carbocycles. The second kappa shape index (κ2) is 8.90. The molecule has 0 spiro atoms. The van der Waals surface area contributed by atoms with E-state index in [-0.39, 0.29) is 18.0 Å². The number of urea groups is 1. The van der Waals surface area contributed by atoms with Crippen molar-refractivity contribution in [2.24, 2.45) is 0 Å². The largest absolute Gasteiger partial charge is 0.457 e. The third-order valence-corrected chi connectivity index (χ3v) is 7.86. The van der Waals surface area contributed by atoms with E-state index in [4.69, 9.17) is 4.74 Å². The Morgan fingerprint density at radius 2 is 1.89 bits per heavy atom. The maximum Gasteiger partial charge on any atom is 0.327 e. The number of likely N-dealkylation sites (tertiary alicyclic amines) is 1. The molecule has 8 nitrogen and oxygen atoms in total. The van der Waals surface area contributed by atoms with Crippen LogP contribution in [-0.4, -0.2) is 53.3 Å². The van der Waals surface area contributed by atoms with Crippen LogP contribution in [0.25, 0.3) is 0 Å². The van der Waals surface area contributed by atoms with E-state index in [0.717, 1.165) is 41.5 Å². The number of likely N-dealkylation sites (N-methyl/N-ethyl adjacent to an activating group) is 1. The number of thioether (sulfide) groups is 1. The van der Waals surface area contributed by atoms with Gasteiger partial charge in [0.1, 0.15) is 21.8 Å². The molecule has 2 unspecified atom stereocenters. The van der Waals surface area contributed by atoms with Crippen LogP contribution in [0.5, 0.6) is 11.5 Å². The first kappa shape index (κ1) is 21.9. The third kappa shape index (κ3) is 4.11. The van der Waals surface area contributed by atoms with Crippen molar-refractivity contribution in [2.45, 2.75) is 28.8 Å². The molecule has 0 bridgehead atoms. The van der Waals surface area contributed by atoms with Gasteiger partial charge < -0.3 is 20.3 Å². The Morgan fingerprint density at radius 3 is 2.63 bits per heavy atom. The second-order valence-corrected chi connectivity index (χ2v) is 10.1. The molecule has 3 aliphatic heterocycles. The molecular formula is C26H25N5O3S. The molecule has 0 radical (unpaired) electrons. The number of rotatable bonds is 5. The minimum Gasteiger partial charge on any atom is -0.457 e. The van der Waals surface area contributed by atoms with Crippen molar-refractivity contribution in [2.75, 3.05) is 25.0 Å². The lowest BCUT2D eigenvalue weighted by atomic mass is 9.99. The number of amides is 3. The lowest BCUT2D eigenvalue weighted by molar-refractivity contribution is -0.121. The van der Waals surface area contributed by atoms with Gasteiger partial charge in [-0.15, -0.1) is 0 Å². The SMILES string of the molecule is CN1CCC(NC(=O)[C@@H]2Sc3nccc4c3C2NC(=O)N4c2ccc(Oc3ccccc3)cc2)C1. The van der Waals surface area contributed by atoms with Crippen LogP contribution in [0.2, 0.25) is 0 Å². The van der Waals surface area contributed by atoms with Gasteiger partial charge in [0.2, 0.25) is 5.91 Å². The van der Waals surface area contributed by atoms with E-state index in [0.29, 0.717) is 11.4 Å². The van der Waals surface area contributed by atoms with Crippen molar-refractivity contribution in [1.82, 2.24) is 20.5 Å². The van der Waals surface area contributed by atoms with Gasteiger partial charge in [-0.05, 0) is 62.5 Å². The van der Waals surface area contributed by atoms with Crippen LogP contribution >= 0.6 is 11.8 Å². The summed E-state index contributed by atoms with van der Waals surface area (Å²) in [5.74, 6) is 1.37. The molecule has 35 heavy (non-hydrogen) atoms. The highest BCUT2D eigenvalue weighted by Crippen LogP contribution is 2.50. The van der Waals surface area contributed by atoms with E-state index in [2.05, 4.69) is 27.6 Å². The van der Waals surface area contributed by atoms with Crippen molar-refractivity contribution in [1.29, 1.82) is 0 Å². The number of hydrogen-bond donors (Lipinski definition) is 2. The third-order valence-electron chi connectivity index (χ3n) is 6.58. The van der Waals surface area contributed by atoms with Gasteiger partial charge in [-0.2, -0.15) is 0 Å². The van der Waals surface area contributed by atoms with Gasteiger partial charge in [0, 0.05) is 24.3 Å². The van der Waals surface area contributed by atoms with E-state index >= 15 is 0 Å². The predicted octanol–water partition coefficient (Wildman–Crippen LogP) is 4.07. The molecule has 2 aromatic carbocycles.